The van der Waals surface area contributed by atoms with Crippen LogP contribution in [0.2, 0.25) is 0 Å². The molecule has 0 bridgehead atoms. The van der Waals surface area contributed by atoms with Crippen LogP contribution < -0.4 is 19.5 Å². The number of rotatable bonds is 8. The number of aliphatic hydroxyl groups excluding tert-OH is 1. The summed E-state index contributed by atoms with van der Waals surface area (Å²) in [5.41, 5.74) is 0.431. The zero-order valence-electron chi connectivity index (χ0n) is 12.9. The summed E-state index contributed by atoms with van der Waals surface area (Å²) in [5, 5.41) is 11.7. The van der Waals surface area contributed by atoms with Crippen molar-refractivity contribution in [1.82, 2.24) is 5.32 Å². The predicted molar refractivity (Wildman–Crippen MR) is 79.3 cm³/mol. The van der Waals surface area contributed by atoms with E-state index in [1.54, 1.807) is 12.1 Å². The van der Waals surface area contributed by atoms with Gasteiger partial charge in [0.15, 0.2) is 11.5 Å². The first-order valence-electron chi connectivity index (χ1n) is 6.76. The van der Waals surface area contributed by atoms with Gasteiger partial charge in [0.2, 0.25) is 5.75 Å². The molecule has 21 heavy (non-hydrogen) atoms. The van der Waals surface area contributed by atoms with Gasteiger partial charge in [-0.25, -0.2) is 0 Å². The number of ether oxygens (including phenoxy) is 3. The van der Waals surface area contributed by atoms with Gasteiger partial charge in [0.25, 0.3) is 5.91 Å². The Morgan fingerprint density at radius 1 is 1.19 bits per heavy atom. The Hall–Kier alpha value is -1.95. The molecule has 0 heterocycles. The molecule has 1 aromatic rings. The Morgan fingerprint density at radius 2 is 1.76 bits per heavy atom. The van der Waals surface area contributed by atoms with Gasteiger partial charge in [-0.05, 0) is 24.5 Å². The smallest absolute Gasteiger partial charge is 0.251 e. The lowest BCUT2D eigenvalue weighted by molar-refractivity contribution is 0.0944. The summed E-state index contributed by atoms with van der Waals surface area (Å²) >= 11 is 0. The molecule has 0 aliphatic carbocycles. The first-order valence-corrected chi connectivity index (χ1v) is 6.76. The van der Waals surface area contributed by atoms with Crippen LogP contribution in [0.4, 0.5) is 0 Å². The fourth-order valence-corrected chi connectivity index (χ4v) is 1.90. The fraction of sp³-hybridized carbons (Fsp3) is 0.533. The van der Waals surface area contributed by atoms with Crippen LogP contribution in [0.5, 0.6) is 17.2 Å². The molecule has 0 aromatic heterocycles. The summed E-state index contributed by atoms with van der Waals surface area (Å²) in [6.45, 7) is 2.57. The summed E-state index contributed by atoms with van der Waals surface area (Å²) in [7, 11) is 4.52. The highest BCUT2D eigenvalue weighted by Gasteiger charge is 2.17. The molecular weight excluding hydrogens is 274 g/mol. The number of hydrogen-bond donors (Lipinski definition) is 2. The van der Waals surface area contributed by atoms with Crippen molar-refractivity contribution >= 4 is 5.91 Å². The van der Waals surface area contributed by atoms with Gasteiger partial charge in [0.1, 0.15) is 0 Å². The Balaban J connectivity index is 2.89. The van der Waals surface area contributed by atoms with Crippen LogP contribution in [-0.2, 0) is 0 Å². The third-order valence-electron chi connectivity index (χ3n) is 3.16. The second-order valence-electron chi connectivity index (χ2n) is 4.74. The number of aliphatic hydroxyl groups is 1. The molecule has 6 heteroatoms. The molecule has 1 amide bonds. The zero-order chi connectivity index (χ0) is 15.8. The van der Waals surface area contributed by atoms with Crippen LogP contribution in [0.3, 0.4) is 0 Å². The summed E-state index contributed by atoms with van der Waals surface area (Å²) in [5.74, 6) is 1.31. The summed E-state index contributed by atoms with van der Waals surface area (Å²) in [4.78, 5) is 12.2. The Kier molecular flexibility index (Phi) is 6.81. The highest BCUT2D eigenvalue weighted by Crippen LogP contribution is 2.38. The van der Waals surface area contributed by atoms with Crippen molar-refractivity contribution in [1.29, 1.82) is 0 Å². The van der Waals surface area contributed by atoms with Gasteiger partial charge in [-0.1, -0.05) is 6.92 Å². The van der Waals surface area contributed by atoms with Crippen molar-refractivity contribution in [2.75, 3.05) is 34.5 Å². The monoisotopic (exact) mass is 297 g/mol. The van der Waals surface area contributed by atoms with E-state index in [9.17, 15) is 4.79 Å². The van der Waals surface area contributed by atoms with E-state index in [-0.39, 0.29) is 18.4 Å². The standard InChI is InChI=1S/C15H23NO5/c1-10(5-6-17)9-16-15(18)11-7-12(19-2)14(21-4)13(8-11)20-3/h7-8,10,17H,5-6,9H2,1-4H3,(H,16,18). The lowest BCUT2D eigenvalue weighted by Crippen LogP contribution is -2.28. The van der Waals surface area contributed by atoms with E-state index >= 15 is 0 Å². The maximum Gasteiger partial charge on any atom is 0.251 e. The topological polar surface area (TPSA) is 77.0 Å². The van der Waals surface area contributed by atoms with Crippen molar-refractivity contribution in [2.45, 2.75) is 13.3 Å². The molecule has 0 saturated carbocycles. The highest BCUT2D eigenvalue weighted by atomic mass is 16.5. The first kappa shape index (κ1) is 17.1. The normalized spacial score (nSPS) is 11.7. The largest absolute Gasteiger partial charge is 0.493 e. The molecule has 0 aliphatic heterocycles. The summed E-state index contributed by atoms with van der Waals surface area (Å²) in [6.07, 6.45) is 0.648. The van der Waals surface area contributed by atoms with E-state index in [2.05, 4.69) is 5.32 Å². The number of carbonyl (C=O) groups excluding carboxylic acids is 1. The lowest BCUT2D eigenvalue weighted by atomic mass is 10.1. The molecule has 1 aromatic carbocycles. The summed E-state index contributed by atoms with van der Waals surface area (Å²) < 4.78 is 15.6. The average molecular weight is 297 g/mol. The number of hydrogen-bond acceptors (Lipinski definition) is 5. The lowest BCUT2D eigenvalue weighted by Gasteiger charge is -2.15. The zero-order valence-corrected chi connectivity index (χ0v) is 12.9. The Morgan fingerprint density at radius 3 is 2.19 bits per heavy atom. The first-order chi connectivity index (χ1) is 10.1. The van der Waals surface area contributed by atoms with Gasteiger partial charge >= 0.3 is 0 Å². The van der Waals surface area contributed by atoms with Gasteiger partial charge in [0, 0.05) is 18.7 Å². The van der Waals surface area contributed by atoms with Gasteiger partial charge in [-0.2, -0.15) is 0 Å². The fourth-order valence-electron chi connectivity index (χ4n) is 1.90. The van der Waals surface area contributed by atoms with Crippen molar-refractivity contribution in [3.05, 3.63) is 17.7 Å². The predicted octanol–water partition coefficient (Wildman–Crippen LogP) is 1.46. The number of amides is 1. The van der Waals surface area contributed by atoms with E-state index in [1.165, 1.54) is 21.3 Å². The number of carbonyl (C=O) groups is 1. The van der Waals surface area contributed by atoms with Gasteiger partial charge in [-0.3, -0.25) is 4.79 Å². The summed E-state index contributed by atoms with van der Waals surface area (Å²) in [6, 6.07) is 3.21. The molecule has 0 saturated heterocycles. The third kappa shape index (κ3) is 4.53. The Bertz CT molecular complexity index is 450. The highest BCUT2D eigenvalue weighted by molar-refractivity contribution is 5.95. The van der Waals surface area contributed by atoms with E-state index in [0.717, 1.165) is 0 Å². The molecule has 1 atom stereocenters. The third-order valence-corrected chi connectivity index (χ3v) is 3.16. The van der Waals surface area contributed by atoms with Gasteiger partial charge < -0.3 is 24.6 Å². The minimum Gasteiger partial charge on any atom is -0.493 e. The molecular formula is C15H23NO5. The number of benzene rings is 1. The van der Waals surface area contributed by atoms with Crippen LogP contribution in [0.15, 0.2) is 12.1 Å². The van der Waals surface area contributed by atoms with Crippen molar-refractivity contribution in [2.24, 2.45) is 5.92 Å². The SMILES string of the molecule is COc1cc(C(=O)NCC(C)CCO)cc(OC)c1OC. The van der Waals surface area contributed by atoms with Crippen molar-refractivity contribution in [3.8, 4) is 17.2 Å². The molecule has 118 valence electrons. The van der Waals surface area contributed by atoms with E-state index in [4.69, 9.17) is 19.3 Å². The van der Waals surface area contributed by atoms with Crippen LogP contribution >= 0.6 is 0 Å². The minimum absolute atomic E-state index is 0.112. The van der Waals surface area contributed by atoms with Crippen molar-refractivity contribution < 1.29 is 24.1 Å². The molecule has 2 N–H and O–H groups in total. The molecule has 6 nitrogen and oxygen atoms in total. The number of nitrogens with one attached hydrogen (secondary N) is 1. The van der Waals surface area contributed by atoms with E-state index < -0.39 is 0 Å². The van der Waals surface area contributed by atoms with Crippen molar-refractivity contribution in [3.63, 3.8) is 0 Å². The van der Waals surface area contributed by atoms with Crippen LogP contribution in [0.25, 0.3) is 0 Å². The van der Waals surface area contributed by atoms with Crippen LogP contribution in [0, 0.1) is 5.92 Å². The molecule has 0 spiro atoms. The molecule has 1 unspecified atom stereocenters. The van der Waals surface area contributed by atoms with Crippen LogP contribution in [-0.4, -0.2) is 45.5 Å². The molecule has 0 fully saturated rings. The molecule has 0 aliphatic rings. The van der Waals surface area contributed by atoms with E-state index in [1.807, 2.05) is 6.92 Å². The van der Waals surface area contributed by atoms with Gasteiger partial charge in [-0.15, -0.1) is 0 Å². The molecule has 1 rings (SSSR count). The number of methoxy groups -OCH3 is 3. The van der Waals surface area contributed by atoms with E-state index in [0.29, 0.717) is 35.8 Å². The maximum absolute atomic E-state index is 12.2. The Labute approximate surface area is 125 Å². The van der Waals surface area contributed by atoms with Gasteiger partial charge in [0.05, 0.1) is 21.3 Å². The molecule has 0 radical (unpaired) electrons. The second-order valence-corrected chi connectivity index (χ2v) is 4.74. The quantitative estimate of drug-likeness (QED) is 0.759. The van der Waals surface area contributed by atoms with Crippen LogP contribution in [0.1, 0.15) is 23.7 Å². The second kappa shape index (κ2) is 8.36. The maximum atomic E-state index is 12.2. The minimum atomic E-state index is -0.223. The average Bonchev–Trinajstić information content (AvgIpc) is 2.51.